The smallest absolute Gasteiger partial charge is 0.412 e. The molecular formula is C24H23N3O4. The number of hydrogen-bond acceptors (Lipinski definition) is 5. The molecule has 1 amide bonds. The Balaban J connectivity index is 1.43. The molecule has 4 aromatic rings. The Morgan fingerprint density at radius 3 is 2.74 bits per heavy atom. The summed E-state index contributed by atoms with van der Waals surface area (Å²) < 4.78 is 16.0. The molecule has 0 aliphatic carbocycles. The zero-order valence-corrected chi connectivity index (χ0v) is 17.1. The number of methoxy groups -OCH3 is 1. The van der Waals surface area contributed by atoms with Crippen LogP contribution < -0.4 is 10.1 Å². The number of ether oxygens (including phenoxy) is 3. The van der Waals surface area contributed by atoms with Crippen LogP contribution in [0.4, 0.5) is 10.5 Å². The van der Waals surface area contributed by atoms with Crippen LogP contribution in [0.1, 0.15) is 5.56 Å². The zero-order chi connectivity index (χ0) is 21.5. The number of benzene rings is 2. The largest absolute Gasteiger partial charge is 0.491 e. The summed E-state index contributed by atoms with van der Waals surface area (Å²) in [6, 6.07) is 21.2. The summed E-state index contributed by atoms with van der Waals surface area (Å²) in [7, 11) is 1.64. The van der Waals surface area contributed by atoms with Crippen molar-refractivity contribution in [2.24, 2.45) is 0 Å². The molecule has 0 aliphatic heterocycles. The van der Waals surface area contributed by atoms with Crippen LogP contribution in [0.15, 0.2) is 72.9 Å². The lowest BCUT2D eigenvalue weighted by Crippen LogP contribution is -2.13. The van der Waals surface area contributed by atoms with Crippen LogP contribution in [0.2, 0.25) is 0 Å². The van der Waals surface area contributed by atoms with Crippen LogP contribution in [0.5, 0.6) is 5.75 Å². The number of aromatic amines is 1. The topological polar surface area (TPSA) is 85.5 Å². The van der Waals surface area contributed by atoms with Crippen LogP contribution in [0.25, 0.3) is 22.3 Å². The predicted octanol–water partition coefficient (Wildman–Crippen LogP) is 5.00. The van der Waals surface area contributed by atoms with Crippen molar-refractivity contribution in [2.75, 3.05) is 25.6 Å². The molecule has 2 aromatic heterocycles. The lowest BCUT2D eigenvalue weighted by atomic mass is 10.1. The first-order chi connectivity index (χ1) is 15.2. The molecule has 0 aliphatic rings. The first-order valence-corrected chi connectivity index (χ1v) is 9.90. The van der Waals surface area contributed by atoms with Gasteiger partial charge in [-0.05, 0) is 29.8 Å². The summed E-state index contributed by atoms with van der Waals surface area (Å²) in [5.74, 6) is 0.768. The van der Waals surface area contributed by atoms with Gasteiger partial charge < -0.3 is 19.2 Å². The van der Waals surface area contributed by atoms with E-state index in [4.69, 9.17) is 14.2 Å². The molecule has 4 rings (SSSR count). The number of rotatable bonds is 8. The maximum Gasteiger partial charge on any atom is 0.412 e. The van der Waals surface area contributed by atoms with Crippen molar-refractivity contribution in [3.63, 3.8) is 0 Å². The summed E-state index contributed by atoms with van der Waals surface area (Å²) in [6.45, 7) is 1.23. The zero-order valence-electron chi connectivity index (χ0n) is 17.1. The Hall–Kier alpha value is -3.84. The van der Waals surface area contributed by atoms with E-state index in [-0.39, 0.29) is 6.61 Å². The van der Waals surface area contributed by atoms with Gasteiger partial charge in [0.15, 0.2) is 0 Å². The summed E-state index contributed by atoms with van der Waals surface area (Å²) in [4.78, 5) is 19.8. The first-order valence-electron chi connectivity index (χ1n) is 9.90. The Morgan fingerprint density at radius 2 is 1.90 bits per heavy atom. The first kappa shape index (κ1) is 20.4. The minimum absolute atomic E-state index is 0.208. The van der Waals surface area contributed by atoms with Crippen molar-refractivity contribution >= 4 is 22.8 Å². The van der Waals surface area contributed by atoms with Gasteiger partial charge >= 0.3 is 6.09 Å². The number of hydrogen-bond donors (Lipinski definition) is 2. The lowest BCUT2D eigenvalue weighted by Gasteiger charge is -2.06. The number of amides is 1. The second-order valence-electron chi connectivity index (χ2n) is 6.90. The second-order valence-corrected chi connectivity index (χ2v) is 6.90. The average molecular weight is 417 g/mol. The number of nitrogens with one attached hydrogen (secondary N) is 2. The molecule has 0 saturated heterocycles. The van der Waals surface area contributed by atoms with E-state index in [1.165, 1.54) is 0 Å². The molecule has 0 unspecified atom stereocenters. The van der Waals surface area contributed by atoms with E-state index >= 15 is 0 Å². The highest BCUT2D eigenvalue weighted by atomic mass is 16.5. The van der Waals surface area contributed by atoms with Gasteiger partial charge in [-0.15, -0.1) is 0 Å². The van der Waals surface area contributed by atoms with E-state index in [0.717, 1.165) is 33.6 Å². The van der Waals surface area contributed by atoms with E-state index in [2.05, 4.69) is 15.3 Å². The van der Waals surface area contributed by atoms with Crippen LogP contribution in [-0.2, 0) is 16.1 Å². The van der Waals surface area contributed by atoms with Crippen molar-refractivity contribution < 1.29 is 19.0 Å². The number of nitrogens with zero attached hydrogens (tertiary/aromatic N) is 1. The van der Waals surface area contributed by atoms with Gasteiger partial charge in [0.05, 0.1) is 18.5 Å². The molecule has 158 valence electrons. The highest BCUT2D eigenvalue weighted by molar-refractivity contribution is 5.90. The highest BCUT2D eigenvalue weighted by Crippen LogP contribution is 2.27. The fraction of sp³-hybridized carbons (Fsp3) is 0.167. The quantitative estimate of drug-likeness (QED) is 0.394. The van der Waals surface area contributed by atoms with E-state index in [1.807, 2.05) is 66.7 Å². The van der Waals surface area contributed by atoms with E-state index in [0.29, 0.717) is 18.9 Å². The van der Waals surface area contributed by atoms with Gasteiger partial charge in [-0.2, -0.15) is 0 Å². The maximum atomic E-state index is 12.1. The van der Waals surface area contributed by atoms with E-state index < -0.39 is 6.09 Å². The van der Waals surface area contributed by atoms with Crippen molar-refractivity contribution in [1.29, 1.82) is 0 Å². The van der Waals surface area contributed by atoms with Crippen molar-refractivity contribution in [1.82, 2.24) is 9.97 Å². The fourth-order valence-corrected chi connectivity index (χ4v) is 3.11. The Labute approximate surface area is 180 Å². The van der Waals surface area contributed by atoms with Crippen molar-refractivity contribution in [3.8, 4) is 17.0 Å². The normalized spacial score (nSPS) is 10.7. The summed E-state index contributed by atoms with van der Waals surface area (Å²) in [6.07, 6.45) is 1.07. The molecule has 0 bridgehead atoms. The molecule has 2 heterocycles. The van der Waals surface area contributed by atoms with Crippen LogP contribution >= 0.6 is 0 Å². The molecule has 2 aromatic carbocycles. The second kappa shape index (κ2) is 9.77. The maximum absolute atomic E-state index is 12.1. The van der Waals surface area contributed by atoms with Crippen LogP contribution in [-0.4, -0.2) is 36.4 Å². The third kappa shape index (κ3) is 5.40. The minimum atomic E-state index is -0.526. The van der Waals surface area contributed by atoms with Crippen molar-refractivity contribution in [3.05, 3.63) is 78.5 Å². The standard InChI is InChI=1S/C24H23N3O4/c1-29-10-11-30-21-9-5-8-18(13-21)22-14-19-12-20(15-25-23(19)27-22)26-24(28)31-16-17-6-3-2-4-7-17/h2-9,12-15H,10-11,16H2,1H3,(H,25,27)(H,26,28). The van der Waals surface area contributed by atoms with Gasteiger partial charge in [-0.3, -0.25) is 5.32 Å². The van der Waals surface area contributed by atoms with Gasteiger partial charge in [0, 0.05) is 23.8 Å². The number of anilines is 1. The molecule has 0 spiro atoms. The van der Waals surface area contributed by atoms with Gasteiger partial charge in [0.1, 0.15) is 24.6 Å². The SMILES string of the molecule is COCCOc1cccc(-c2cc3cc(NC(=O)OCc4ccccc4)cnc3[nH]2)c1. The third-order valence-corrected chi connectivity index (χ3v) is 4.63. The Morgan fingerprint density at radius 1 is 1.03 bits per heavy atom. The van der Waals surface area contributed by atoms with E-state index in [1.54, 1.807) is 13.3 Å². The molecule has 0 saturated carbocycles. The van der Waals surface area contributed by atoms with Gasteiger partial charge in [0.2, 0.25) is 0 Å². The van der Waals surface area contributed by atoms with Gasteiger partial charge in [-0.1, -0.05) is 42.5 Å². The van der Waals surface area contributed by atoms with Gasteiger partial charge in [0.25, 0.3) is 0 Å². The molecule has 7 heteroatoms. The van der Waals surface area contributed by atoms with Gasteiger partial charge in [-0.25, -0.2) is 9.78 Å². The molecule has 0 radical (unpaired) electrons. The number of carbonyl (C=O) groups excluding carboxylic acids is 1. The van der Waals surface area contributed by atoms with Crippen LogP contribution in [0, 0.1) is 0 Å². The predicted molar refractivity (Wildman–Crippen MR) is 119 cm³/mol. The third-order valence-electron chi connectivity index (χ3n) is 4.63. The molecule has 0 atom stereocenters. The highest BCUT2D eigenvalue weighted by Gasteiger charge is 2.09. The Kier molecular flexibility index (Phi) is 6.44. The minimum Gasteiger partial charge on any atom is -0.491 e. The number of aromatic nitrogens is 2. The van der Waals surface area contributed by atoms with Crippen LogP contribution in [0.3, 0.4) is 0 Å². The number of H-pyrrole nitrogens is 1. The van der Waals surface area contributed by atoms with Crippen molar-refractivity contribution in [2.45, 2.75) is 6.61 Å². The summed E-state index contributed by atoms with van der Waals surface area (Å²) in [5.41, 5.74) is 4.10. The van der Waals surface area contributed by atoms with E-state index in [9.17, 15) is 4.79 Å². The summed E-state index contributed by atoms with van der Waals surface area (Å²) in [5, 5.41) is 3.60. The fourth-order valence-electron chi connectivity index (χ4n) is 3.11. The monoisotopic (exact) mass is 417 g/mol. The Bertz CT molecular complexity index is 1160. The summed E-state index contributed by atoms with van der Waals surface area (Å²) >= 11 is 0. The average Bonchev–Trinajstić information content (AvgIpc) is 3.22. The number of fused-ring (bicyclic) bond motifs is 1. The molecule has 2 N–H and O–H groups in total. The number of pyridine rings is 1. The molecular weight excluding hydrogens is 394 g/mol. The molecule has 31 heavy (non-hydrogen) atoms. The number of carbonyl (C=O) groups is 1. The lowest BCUT2D eigenvalue weighted by molar-refractivity contribution is 0.146. The molecule has 0 fully saturated rings. The molecule has 7 nitrogen and oxygen atoms in total.